The molecule has 1 aliphatic heterocycles. The molecule has 0 aromatic heterocycles. The Kier molecular flexibility index (Phi) is 5.77. The maximum absolute atomic E-state index is 11.6. The van der Waals surface area contributed by atoms with Crippen molar-refractivity contribution in [3.05, 3.63) is 0 Å². The molecule has 1 saturated heterocycles. The first-order valence-corrected chi connectivity index (χ1v) is 6.31. The van der Waals surface area contributed by atoms with Crippen LogP contribution < -0.4 is 5.32 Å². The minimum atomic E-state index is -0.199. The SMILES string of the molecule is CCC(CCO)NC(=O)CCN1C(=O)CCC1=O. The van der Waals surface area contributed by atoms with Gasteiger partial charge in [-0.2, -0.15) is 0 Å². The van der Waals surface area contributed by atoms with Gasteiger partial charge < -0.3 is 10.4 Å². The van der Waals surface area contributed by atoms with Gasteiger partial charge in [0.2, 0.25) is 17.7 Å². The molecule has 6 heteroatoms. The summed E-state index contributed by atoms with van der Waals surface area (Å²) in [6.45, 7) is 2.11. The van der Waals surface area contributed by atoms with E-state index in [2.05, 4.69) is 5.32 Å². The van der Waals surface area contributed by atoms with Crippen molar-refractivity contribution in [2.45, 2.75) is 45.1 Å². The minimum absolute atomic E-state index is 0.0296. The van der Waals surface area contributed by atoms with Gasteiger partial charge in [-0.1, -0.05) is 6.92 Å². The number of aliphatic hydroxyl groups excluding tert-OH is 1. The average Bonchev–Trinajstić information content (AvgIpc) is 2.66. The van der Waals surface area contributed by atoms with E-state index in [9.17, 15) is 14.4 Å². The lowest BCUT2D eigenvalue weighted by Crippen LogP contribution is -2.38. The molecular weight excluding hydrogens is 236 g/mol. The second-order valence-electron chi connectivity index (χ2n) is 4.37. The molecule has 18 heavy (non-hydrogen) atoms. The van der Waals surface area contributed by atoms with E-state index in [4.69, 9.17) is 5.11 Å². The van der Waals surface area contributed by atoms with E-state index in [1.165, 1.54) is 0 Å². The van der Waals surface area contributed by atoms with Crippen LogP contribution in [0.4, 0.5) is 0 Å². The highest BCUT2D eigenvalue weighted by Gasteiger charge is 2.28. The van der Waals surface area contributed by atoms with Crippen molar-refractivity contribution in [1.29, 1.82) is 0 Å². The summed E-state index contributed by atoms with van der Waals surface area (Å²) in [5, 5.41) is 11.6. The van der Waals surface area contributed by atoms with Crippen LogP contribution in [0.25, 0.3) is 0 Å². The van der Waals surface area contributed by atoms with Crippen molar-refractivity contribution < 1.29 is 19.5 Å². The Hall–Kier alpha value is -1.43. The quantitative estimate of drug-likeness (QED) is 0.618. The first-order valence-electron chi connectivity index (χ1n) is 6.31. The highest BCUT2D eigenvalue weighted by Crippen LogP contribution is 2.11. The van der Waals surface area contributed by atoms with Crippen LogP contribution in [-0.2, 0) is 14.4 Å². The van der Waals surface area contributed by atoms with E-state index in [1.807, 2.05) is 6.92 Å². The number of amides is 3. The summed E-state index contributed by atoms with van der Waals surface area (Å²) >= 11 is 0. The zero-order chi connectivity index (χ0) is 13.5. The predicted molar refractivity (Wildman–Crippen MR) is 64.5 cm³/mol. The van der Waals surface area contributed by atoms with Crippen molar-refractivity contribution >= 4 is 17.7 Å². The number of nitrogens with one attached hydrogen (secondary N) is 1. The normalized spacial score (nSPS) is 17.1. The molecule has 6 nitrogen and oxygen atoms in total. The van der Waals surface area contributed by atoms with Crippen LogP contribution in [0.5, 0.6) is 0 Å². The Morgan fingerprint density at radius 3 is 2.50 bits per heavy atom. The molecule has 0 saturated carbocycles. The Balaban J connectivity index is 2.32. The van der Waals surface area contributed by atoms with Gasteiger partial charge >= 0.3 is 0 Å². The van der Waals surface area contributed by atoms with Crippen molar-refractivity contribution in [2.75, 3.05) is 13.2 Å². The van der Waals surface area contributed by atoms with Gasteiger partial charge in [0, 0.05) is 38.5 Å². The number of carbonyl (C=O) groups excluding carboxylic acids is 3. The van der Waals surface area contributed by atoms with Crippen LogP contribution in [0.3, 0.4) is 0 Å². The number of rotatable bonds is 7. The van der Waals surface area contributed by atoms with Gasteiger partial charge in [-0.3, -0.25) is 19.3 Å². The number of aliphatic hydroxyl groups is 1. The molecule has 1 heterocycles. The molecule has 0 aromatic carbocycles. The number of nitrogens with zero attached hydrogens (tertiary/aromatic N) is 1. The number of carbonyl (C=O) groups is 3. The molecule has 1 rings (SSSR count). The summed E-state index contributed by atoms with van der Waals surface area (Å²) < 4.78 is 0. The Morgan fingerprint density at radius 2 is 2.00 bits per heavy atom. The van der Waals surface area contributed by atoms with Crippen molar-refractivity contribution in [1.82, 2.24) is 10.2 Å². The fraction of sp³-hybridized carbons (Fsp3) is 0.750. The third kappa shape index (κ3) is 4.10. The summed E-state index contributed by atoms with van der Waals surface area (Å²) in [5.74, 6) is -0.590. The number of imide groups is 1. The lowest BCUT2D eigenvalue weighted by molar-refractivity contribution is -0.138. The average molecular weight is 256 g/mol. The van der Waals surface area contributed by atoms with Crippen LogP contribution in [0.15, 0.2) is 0 Å². The van der Waals surface area contributed by atoms with Crippen molar-refractivity contribution in [3.63, 3.8) is 0 Å². The first kappa shape index (κ1) is 14.6. The lowest BCUT2D eigenvalue weighted by Gasteiger charge is -2.17. The summed E-state index contributed by atoms with van der Waals surface area (Å²) in [4.78, 5) is 35.4. The van der Waals surface area contributed by atoms with Crippen molar-refractivity contribution in [2.24, 2.45) is 0 Å². The molecule has 0 spiro atoms. The van der Waals surface area contributed by atoms with E-state index in [1.54, 1.807) is 0 Å². The molecule has 0 radical (unpaired) electrons. The third-order valence-electron chi connectivity index (χ3n) is 3.05. The molecule has 102 valence electrons. The Morgan fingerprint density at radius 1 is 1.39 bits per heavy atom. The van der Waals surface area contributed by atoms with E-state index in [0.717, 1.165) is 11.3 Å². The fourth-order valence-electron chi connectivity index (χ4n) is 1.92. The van der Waals surface area contributed by atoms with Gasteiger partial charge in [0.05, 0.1) is 0 Å². The topological polar surface area (TPSA) is 86.7 Å². The standard InChI is InChI=1S/C12H20N2O4/c1-2-9(6-8-15)13-10(16)5-7-14-11(17)3-4-12(14)18/h9,15H,2-8H2,1H3,(H,13,16). The zero-order valence-electron chi connectivity index (χ0n) is 10.6. The molecule has 0 aromatic rings. The summed E-state index contributed by atoms with van der Waals surface area (Å²) in [6, 6.07) is -0.0486. The van der Waals surface area contributed by atoms with Gasteiger partial charge in [0.1, 0.15) is 0 Å². The predicted octanol–water partition coefficient (Wildman–Crippen LogP) is -0.197. The second-order valence-corrected chi connectivity index (χ2v) is 4.37. The molecule has 1 atom stereocenters. The van der Waals surface area contributed by atoms with Gasteiger partial charge in [-0.05, 0) is 12.8 Å². The fourth-order valence-corrected chi connectivity index (χ4v) is 1.92. The zero-order valence-corrected chi connectivity index (χ0v) is 10.6. The van der Waals surface area contributed by atoms with E-state index < -0.39 is 0 Å². The summed E-state index contributed by atoms with van der Waals surface area (Å²) in [6.07, 6.45) is 1.89. The Bertz CT molecular complexity index is 314. The molecule has 1 unspecified atom stereocenters. The van der Waals surface area contributed by atoms with Gasteiger partial charge in [0.25, 0.3) is 0 Å². The molecule has 2 N–H and O–H groups in total. The molecular formula is C12H20N2O4. The van der Waals surface area contributed by atoms with Gasteiger partial charge in [-0.25, -0.2) is 0 Å². The molecule has 1 aliphatic rings. The van der Waals surface area contributed by atoms with Crippen LogP contribution in [0, 0.1) is 0 Å². The number of hydrogen-bond acceptors (Lipinski definition) is 4. The van der Waals surface area contributed by atoms with Crippen LogP contribution in [-0.4, -0.2) is 46.9 Å². The number of hydrogen-bond donors (Lipinski definition) is 2. The van der Waals surface area contributed by atoms with Crippen molar-refractivity contribution in [3.8, 4) is 0 Å². The van der Waals surface area contributed by atoms with Gasteiger partial charge in [0.15, 0.2) is 0 Å². The van der Waals surface area contributed by atoms with Crippen LogP contribution in [0.1, 0.15) is 39.0 Å². The first-order chi connectivity index (χ1) is 8.58. The molecule has 1 fully saturated rings. The smallest absolute Gasteiger partial charge is 0.229 e. The molecule has 3 amide bonds. The summed E-state index contributed by atoms with van der Waals surface area (Å²) in [5.41, 5.74) is 0. The Labute approximate surface area is 106 Å². The molecule has 0 bridgehead atoms. The van der Waals surface area contributed by atoms with Crippen LogP contribution >= 0.6 is 0 Å². The van der Waals surface area contributed by atoms with E-state index >= 15 is 0 Å². The largest absolute Gasteiger partial charge is 0.396 e. The maximum atomic E-state index is 11.6. The number of likely N-dealkylation sites (tertiary alicyclic amines) is 1. The highest BCUT2D eigenvalue weighted by atomic mass is 16.3. The molecule has 0 aliphatic carbocycles. The second kappa shape index (κ2) is 7.10. The van der Waals surface area contributed by atoms with E-state index in [-0.39, 0.29) is 56.2 Å². The van der Waals surface area contributed by atoms with Crippen LogP contribution in [0.2, 0.25) is 0 Å². The summed E-state index contributed by atoms with van der Waals surface area (Å²) in [7, 11) is 0. The van der Waals surface area contributed by atoms with E-state index in [0.29, 0.717) is 6.42 Å². The third-order valence-corrected chi connectivity index (χ3v) is 3.05. The van der Waals surface area contributed by atoms with Gasteiger partial charge in [-0.15, -0.1) is 0 Å². The highest BCUT2D eigenvalue weighted by molar-refractivity contribution is 6.02. The lowest BCUT2D eigenvalue weighted by atomic mass is 10.1. The monoisotopic (exact) mass is 256 g/mol. The maximum Gasteiger partial charge on any atom is 0.229 e. The minimum Gasteiger partial charge on any atom is -0.396 e.